The Hall–Kier alpha value is -2.10. The summed E-state index contributed by atoms with van der Waals surface area (Å²) in [7, 11) is -3.93. The van der Waals surface area contributed by atoms with Gasteiger partial charge in [0.05, 0.1) is 11.8 Å². The van der Waals surface area contributed by atoms with E-state index >= 15 is 0 Å². The van der Waals surface area contributed by atoms with E-state index in [2.05, 4.69) is 5.32 Å². The number of amides is 2. The third-order valence-electron chi connectivity index (χ3n) is 3.28. The van der Waals surface area contributed by atoms with Gasteiger partial charge in [-0.1, -0.05) is 6.07 Å². The van der Waals surface area contributed by atoms with E-state index in [9.17, 15) is 31.2 Å². The van der Waals surface area contributed by atoms with Gasteiger partial charge in [-0.3, -0.25) is 9.59 Å². The Kier molecular flexibility index (Phi) is 4.38. The molecule has 1 heterocycles. The van der Waals surface area contributed by atoms with Crippen LogP contribution < -0.4 is 5.32 Å². The highest BCUT2D eigenvalue weighted by molar-refractivity contribution is 7.89. The lowest BCUT2D eigenvalue weighted by atomic mass is 10.1. The van der Waals surface area contributed by atoms with Crippen LogP contribution in [0.15, 0.2) is 24.3 Å². The fourth-order valence-electron chi connectivity index (χ4n) is 2.31. The number of carbonyl (C=O) groups is 2. The molecule has 0 radical (unpaired) electrons. The fourth-order valence-corrected chi connectivity index (χ4v) is 3.44. The zero-order valence-corrected chi connectivity index (χ0v) is 12.7. The van der Waals surface area contributed by atoms with Crippen molar-refractivity contribution in [2.24, 2.45) is 0 Å². The minimum atomic E-state index is -4.57. The van der Waals surface area contributed by atoms with Crippen LogP contribution in [0.2, 0.25) is 0 Å². The number of halogens is 3. The Morgan fingerprint density at radius 3 is 2.57 bits per heavy atom. The highest BCUT2D eigenvalue weighted by Gasteiger charge is 2.41. The number of rotatable bonds is 3. The Labute approximate surface area is 130 Å². The molecule has 1 N–H and O–H groups in total. The molecule has 0 bridgehead atoms. The number of nitrogens with zero attached hydrogens (tertiary/aromatic N) is 1. The first-order chi connectivity index (χ1) is 10.5. The molecule has 10 heteroatoms. The minimum absolute atomic E-state index is 0.0172. The Bertz CT molecular complexity index is 746. The van der Waals surface area contributed by atoms with Gasteiger partial charge >= 0.3 is 6.18 Å². The second-order valence-corrected chi connectivity index (χ2v) is 6.93. The molecule has 1 aromatic rings. The molecule has 0 saturated carbocycles. The third-order valence-corrected chi connectivity index (χ3v) is 4.45. The molecule has 0 spiro atoms. The van der Waals surface area contributed by atoms with Gasteiger partial charge in [-0.05, 0) is 24.6 Å². The van der Waals surface area contributed by atoms with Gasteiger partial charge in [-0.2, -0.15) is 13.2 Å². The standard InChI is InChI=1S/C13H13F3N2O4S/c1-23(21,22)18-10(5-6-11(18)19)12(20)17-9-4-2-3-8(7-9)13(14,15)16/h2-4,7,10H,5-6H2,1H3,(H,17,20). The number of alkyl halides is 3. The van der Waals surface area contributed by atoms with Crippen molar-refractivity contribution in [1.29, 1.82) is 0 Å². The first-order valence-electron chi connectivity index (χ1n) is 6.50. The van der Waals surface area contributed by atoms with E-state index in [1.807, 2.05) is 0 Å². The lowest BCUT2D eigenvalue weighted by molar-refractivity contribution is -0.137. The Balaban J connectivity index is 2.21. The second kappa shape index (κ2) is 5.84. The Morgan fingerprint density at radius 1 is 1.35 bits per heavy atom. The van der Waals surface area contributed by atoms with Crippen molar-refractivity contribution in [1.82, 2.24) is 4.31 Å². The van der Waals surface area contributed by atoms with Crippen molar-refractivity contribution in [2.75, 3.05) is 11.6 Å². The average molecular weight is 350 g/mol. The first-order valence-corrected chi connectivity index (χ1v) is 8.35. The van der Waals surface area contributed by atoms with E-state index in [-0.39, 0.29) is 18.5 Å². The van der Waals surface area contributed by atoms with Crippen LogP contribution in [0.25, 0.3) is 0 Å². The first kappa shape index (κ1) is 17.3. The molecule has 23 heavy (non-hydrogen) atoms. The lowest BCUT2D eigenvalue weighted by Gasteiger charge is -2.21. The summed E-state index contributed by atoms with van der Waals surface area (Å²) in [5.41, 5.74) is -1.07. The van der Waals surface area contributed by atoms with Crippen molar-refractivity contribution >= 4 is 27.5 Å². The van der Waals surface area contributed by atoms with Crippen LogP contribution in [0.3, 0.4) is 0 Å². The molecule has 1 aliphatic heterocycles. The van der Waals surface area contributed by atoms with E-state index < -0.39 is 39.6 Å². The molecule has 126 valence electrons. The molecule has 1 aliphatic rings. The number of benzene rings is 1. The van der Waals surface area contributed by atoms with Crippen molar-refractivity contribution < 1.29 is 31.2 Å². The van der Waals surface area contributed by atoms with Crippen molar-refractivity contribution in [3.05, 3.63) is 29.8 Å². The largest absolute Gasteiger partial charge is 0.416 e. The van der Waals surface area contributed by atoms with Crippen LogP contribution in [0, 0.1) is 0 Å². The zero-order valence-electron chi connectivity index (χ0n) is 11.9. The van der Waals surface area contributed by atoms with Gasteiger partial charge in [0, 0.05) is 12.1 Å². The molecule has 0 aromatic heterocycles. The topological polar surface area (TPSA) is 83.6 Å². The smallest absolute Gasteiger partial charge is 0.324 e. The summed E-state index contributed by atoms with van der Waals surface area (Å²) in [6.07, 6.45) is -3.91. The van der Waals surface area contributed by atoms with Crippen molar-refractivity contribution in [3.8, 4) is 0 Å². The number of nitrogens with one attached hydrogen (secondary N) is 1. The second-order valence-electron chi connectivity index (χ2n) is 5.07. The quantitative estimate of drug-likeness (QED) is 0.897. The summed E-state index contributed by atoms with van der Waals surface area (Å²) in [5.74, 6) is -1.56. The number of sulfonamides is 1. The van der Waals surface area contributed by atoms with Gasteiger partial charge < -0.3 is 5.32 Å². The van der Waals surface area contributed by atoms with Gasteiger partial charge in [0.25, 0.3) is 0 Å². The molecule has 2 amide bonds. The summed E-state index contributed by atoms with van der Waals surface area (Å²) in [5, 5.41) is 2.22. The van der Waals surface area contributed by atoms with Gasteiger partial charge in [0.15, 0.2) is 0 Å². The van der Waals surface area contributed by atoms with Gasteiger partial charge in [-0.25, -0.2) is 12.7 Å². The number of hydrogen-bond acceptors (Lipinski definition) is 4. The Morgan fingerprint density at radius 2 is 2.00 bits per heavy atom. The van der Waals surface area contributed by atoms with Gasteiger partial charge in [-0.15, -0.1) is 0 Å². The molecular weight excluding hydrogens is 337 g/mol. The summed E-state index contributed by atoms with van der Waals surface area (Å²) < 4.78 is 61.5. The van der Waals surface area contributed by atoms with E-state index in [1.54, 1.807) is 0 Å². The molecule has 2 rings (SSSR count). The van der Waals surface area contributed by atoms with Gasteiger partial charge in [0.1, 0.15) is 6.04 Å². The van der Waals surface area contributed by atoms with Crippen LogP contribution >= 0.6 is 0 Å². The predicted octanol–water partition coefficient (Wildman–Crippen LogP) is 1.59. The van der Waals surface area contributed by atoms with E-state index in [0.29, 0.717) is 4.31 Å². The summed E-state index contributed by atoms with van der Waals surface area (Å²) in [6, 6.07) is 2.69. The highest BCUT2D eigenvalue weighted by atomic mass is 32.2. The maximum Gasteiger partial charge on any atom is 0.416 e. The third kappa shape index (κ3) is 3.81. The lowest BCUT2D eigenvalue weighted by Crippen LogP contribution is -2.44. The SMILES string of the molecule is CS(=O)(=O)N1C(=O)CCC1C(=O)Nc1cccc(C(F)(F)F)c1. The van der Waals surface area contributed by atoms with Crippen molar-refractivity contribution in [3.63, 3.8) is 0 Å². The number of carbonyl (C=O) groups excluding carboxylic acids is 2. The summed E-state index contributed by atoms with van der Waals surface area (Å²) >= 11 is 0. The van der Waals surface area contributed by atoms with Crippen LogP contribution in [0.1, 0.15) is 18.4 Å². The molecule has 6 nitrogen and oxygen atoms in total. The predicted molar refractivity (Wildman–Crippen MR) is 74.8 cm³/mol. The number of hydrogen-bond donors (Lipinski definition) is 1. The monoisotopic (exact) mass is 350 g/mol. The van der Waals surface area contributed by atoms with E-state index in [4.69, 9.17) is 0 Å². The van der Waals surface area contributed by atoms with Crippen LogP contribution in [0.5, 0.6) is 0 Å². The summed E-state index contributed by atoms with van der Waals surface area (Å²) in [6.45, 7) is 0. The number of anilines is 1. The van der Waals surface area contributed by atoms with Crippen LogP contribution in [-0.4, -0.2) is 36.8 Å². The maximum atomic E-state index is 12.6. The van der Waals surface area contributed by atoms with Gasteiger partial charge in [0.2, 0.25) is 21.8 Å². The van der Waals surface area contributed by atoms with Crippen LogP contribution in [0.4, 0.5) is 18.9 Å². The molecule has 1 aromatic carbocycles. The fraction of sp³-hybridized carbons (Fsp3) is 0.385. The van der Waals surface area contributed by atoms with E-state index in [1.165, 1.54) is 6.07 Å². The summed E-state index contributed by atoms with van der Waals surface area (Å²) in [4.78, 5) is 23.7. The average Bonchev–Trinajstić information content (AvgIpc) is 2.80. The normalized spacial score (nSPS) is 19.0. The molecule has 1 unspecified atom stereocenters. The zero-order chi connectivity index (χ0) is 17.4. The minimum Gasteiger partial charge on any atom is -0.324 e. The molecule has 1 fully saturated rings. The molecule has 1 atom stereocenters. The van der Waals surface area contributed by atoms with E-state index in [0.717, 1.165) is 24.5 Å². The highest BCUT2D eigenvalue weighted by Crippen LogP contribution is 2.31. The van der Waals surface area contributed by atoms with Crippen molar-refractivity contribution in [2.45, 2.75) is 25.1 Å². The van der Waals surface area contributed by atoms with Crippen LogP contribution in [-0.2, 0) is 25.8 Å². The molecular formula is C13H13F3N2O4S. The molecule has 1 saturated heterocycles. The molecule has 0 aliphatic carbocycles. The maximum absolute atomic E-state index is 12.6.